The van der Waals surface area contributed by atoms with Crippen molar-refractivity contribution >= 4 is 5.78 Å². The fourth-order valence-electron chi connectivity index (χ4n) is 1.35. The van der Waals surface area contributed by atoms with E-state index in [9.17, 15) is 9.18 Å². The van der Waals surface area contributed by atoms with Gasteiger partial charge in [-0.3, -0.25) is 14.8 Å². The number of halogens is 1. The number of nitrogens with zero attached hydrogens (tertiary/aromatic N) is 2. The van der Waals surface area contributed by atoms with E-state index < -0.39 is 5.82 Å². The summed E-state index contributed by atoms with van der Waals surface area (Å²) in [5.74, 6) is -0.579. The molecule has 0 saturated heterocycles. The van der Waals surface area contributed by atoms with Gasteiger partial charge in [-0.15, -0.1) is 0 Å². The first-order valence-electron chi connectivity index (χ1n) is 4.79. The second-order valence-electron chi connectivity index (χ2n) is 3.31. The average Bonchev–Trinajstić information content (AvgIpc) is 2.30. The van der Waals surface area contributed by atoms with Gasteiger partial charge in [-0.25, -0.2) is 4.39 Å². The molecular formula is C12H9FN2O. The van der Waals surface area contributed by atoms with Gasteiger partial charge in [0.1, 0.15) is 5.82 Å². The van der Waals surface area contributed by atoms with Crippen molar-refractivity contribution in [1.29, 1.82) is 0 Å². The molecule has 0 aliphatic carbocycles. The molecule has 0 saturated carbocycles. The number of benzene rings is 1. The van der Waals surface area contributed by atoms with Crippen LogP contribution in [-0.2, 0) is 6.42 Å². The van der Waals surface area contributed by atoms with Crippen LogP contribution in [-0.4, -0.2) is 15.8 Å². The number of Topliss-reactive ketones (excluding diaryl/α,β-unsaturated/α-hetero) is 1. The zero-order chi connectivity index (χ0) is 11.4. The Balaban J connectivity index is 2.15. The minimum Gasteiger partial charge on any atom is -0.294 e. The van der Waals surface area contributed by atoms with Crippen molar-refractivity contribution in [3.8, 4) is 0 Å². The molecule has 2 rings (SSSR count). The number of carbonyl (C=O) groups is 1. The van der Waals surface area contributed by atoms with Crippen LogP contribution in [0, 0.1) is 5.82 Å². The third-order valence-corrected chi connectivity index (χ3v) is 2.10. The molecule has 0 N–H and O–H groups in total. The Labute approximate surface area is 92.0 Å². The maximum Gasteiger partial charge on any atom is 0.168 e. The van der Waals surface area contributed by atoms with Gasteiger partial charge in [0.15, 0.2) is 5.78 Å². The van der Waals surface area contributed by atoms with Gasteiger partial charge in [0.05, 0.1) is 12.1 Å². The molecule has 0 atom stereocenters. The largest absolute Gasteiger partial charge is 0.294 e. The lowest BCUT2D eigenvalue weighted by atomic mass is 10.1. The molecule has 0 amide bonds. The molecule has 0 bridgehead atoms. The van der Waals surface area contributed by atoms with E-state index >= 15 is 0 Å². The second-order valence-corrected chi connectivity index (χ2v) is 3.31. The molecule has 4 heteroatoms. The maximum atomic E-state index is 12.9. The van der Waals surface area contributed by atoms with Crippen LogP contribution in [0.25, 0.3) is 0 Å². The molecule has 2 aromatic rings. The van der Waals surface area contributed by atoms with Gasteiger partial charge < -0.3 is 0 Å². The molecule has 3 nitrogen and oxygen atoms in total. The van der Waals surface area contributed by atoms with Gasteiger partial charge >= 0.3 is 0 Å². The van der Waals surface area contributed by atoms with E-state index in [1.165, 1.54) is 36.8 Å². The lowest BCUT2D eigenvalue weighted by molar-refractivity contribution is 0.0991. The fraction of sp³-hybridized carbons (Fsp3) is 0.0833. The zero-order valence-electron chi connectivity index (χ0n) is 8.43. The molecule has 16 heavy (non-hydrogen) atoms. The summed E-state index contributed by atoms with van der Waals surface area (Å²) in [5.41, 5.74) is 0.933. The Hall–Kier alpha value is -2.10. The Morgan fingerprint density at radius 2 is 2.19 bits per heavy atom. The summed E-state index contributed by atoms with van der Waals surface area (Å²) < 4.78 is 12.9. The van der Waals surface area contributed by atoms with Gasteiger partial charge in [0, 0.05) is 24.2 Å². The summed E-state index contributed by atoms with van der Waals surface area (Å²) in [6, 6.07) is 5.62. The SMILES string of the molecule is O=C(Cc1cnccn1)c1cccc(F)c1. The van der Waals surface area contributed by atoms with Crippen LogP contribution in [0.15, 0.2) is 42.9 Å². The van der Waals surface area contributed by atoms with Crippen LogP contribution < -0.4 is 0 Å². The average molecular weight is 216 g/mol. The Bertz CT molecular complexity index is 499. The monoisotopic (exact) mass is 216 g/mol. The summed E-state index contributed by atoms with van der Waals surface area (Å²) in [5, 5.41) is 0. The van der Waals surface area contributed by atoms with Gasteiger partial charge in [-0.1, -0.05) is 12.1 Å². The van der Waals surface area contributed by atoms with Gasteiger partial charge in [-0.2, -0.15) is 0 Å². The summed E-state index contributed by atoms with van der Waals surface area (Å²) >= 11 is 0. The number of ketones is 1. The summed E-state index contributed by atoms with van der Waals surface area (Å²) in [6.07, 6.45) is 4.72. The topological polar surface area (TPSA) is 42.9 Å². The normalized spacial score (nSPS) is 10.1. The molecule has 1 aromatic carbocycles. The molecule has 0 aliphatic heterocycles. The van der Waals surface area contributed by atoms with Crippen LogP contribution in [0.2, 0.25) is 0 Å². The Kier molecular flexibility index (Phi) is 3.00. The van der Waals surface area contributed by atoms with Crippen molar-refractivity contribution in [2.45, 2.75) is 6.42 Å². The molecule has 0 fully saturated rings. The maximum absolute atomic E-state index is 12.9. The molecule has 0 aliphatic rings. The molecule has 0 spiro atoms. The number of rotatable bonds is 3. The van der Waals surface area contributed by atoms with Crippen LogP contribution in [0.1, 0.15) is 16.1 Å². The fourth-order valence-corrected chi connectivity index (χ4v) is 1.35. The molecule has 0 unspecified atom stereocenters. The van der Waals surface area contributed by atoms with Crippen LogP contribution in [0.3, 0.4) is 0 Å². The molecule has 1 heterocycles. The highest BCUT2D eigenvalue weighted by atomic mass is 19.1. The zero-order valence-corrected chi connectivity index (χ0v) is 8.43. The standard InChI is InChI=1S/C12H9FN2O/c13-10-3-1-2-9(6-10)12(16)7-11-8-14-4-5-15-11/h1-6,8H,7H2. The highest BCUT2D eigenvalue weighted by Crippen LogP contribution is 2.07. The van der Waals surface area contributed by atoms with E-state index in [0.717, 1.165) is 0 Å². The number of aromatic nitrogens is 2. The van der Waals surface area contributed by atoms with E-state index in [2.05, 4.69) is 9.97 Å². The van der Waals surface area contributed by atoms with Crippen molar-refractivity contribution in [3.63, 3.8) is 0 Å². The highest BCUT2D eigenvalue weighted by Gasteiger charge is 2.08. The third-order valence-electron chi connectivity index (χ3n) is 2.10. The smallest absolute Gasteiger partial charge is 0.168 e. The molecule has 1 aromatic heterocycles. The minimum absolute atomic E-state index is 0.136. The Morgan fingerprint density at radius 3 is 2.88 bits per heavy atom. The first-order chi connectivity index (χ1) is 7.75. The number of hydrogen-bond acceptors (Lipinski definition) is 3. The van der Waals surface area contributed by atoms with Crippen LogP contribution in [0.5, 0.6) is 0 Å². The van der Waals surface area contributed by atoms with Crippen LogP contribution >= 0.6 is 0 Å². The first-order valence-corrected chi connectivity index (χ1v) is 4.79. The number of hydrogen-bond donors (Lipinski definition) is 0. The predicted molar refractivity (Wildman–Crippen MR) is 56.5 cm³/mol. The first kappa shape index (κ1) is 10.4. The summed E-state index contributed by atoms with van der Waals surface area (Å²) in [7, 11) is 0. The van der Waals surface area contributed by atoms with E-state index in [-0.39, 0.29) is 12.2 Å². The summed E-state index contributed by atoms with van der Waals surface area (Å²) in [4.78, 5) is 19.6. The molecular weight excluding hydrogens is 207 g/mol. The molecule has 0 radical (unpaired) electrons. The quantitative estimate of drug-likeness (QED) is 0.737. The van der Waals surface area contributed by atoms with E-state index in [0.29, 0.717) is 11.3 Å². The number of carbonyl (C=O) groups excluding carboxylic acids is 1. The molecule has 80 valence electrons. The van der Waals surface area contributed by atoms with Crippen molar-refractivity contribution in [1.82, 2.24) is 9.97 Å². The van der Waals surface area contributed by atoms with Gasteiger partial charge in [0.2, 0.25) is 0 Å². The van der Waals surface area contributed by atoms with Crippen LogP contribution in [0.4, 0.5) is 4.39 Å². The van der Waals surface area contributed by atoms with Crippen molar-refractivity contribution < 1.29 is 9.18 Å². The van der Waals surface area contributed by atoms with Gasteiger partial charge in [-0.05, 0) is 12.1 Å². The van der Waals surface area contributed by atoms with E-state index in [1.54, 1.807) is 6.07 Å². The predicted octanol–water partition coefficient (Wildman–Crippen LogP) is 2.04. The lowest BCUT2D eigenvalue weighted by Gasteiger charge is -2.00. The lowest BCUT2D eigenvalue weighted by Crippen LogP contribution is -2.05. The Morgan fingerprint density at radius 1 is 1.31 bits per heavy atom. The minimum atomic E-state index is -0.412. The van der Waals surface area contributed by atoms with Gasteiger partial charge in [0.25, 0.3) is 0 Å². The van der Waals surface area contributed by atoms with Crippen molar-refractivity contribution in [2.75, 3.05) is 0 Å². The van der Waals surface area contributed by atoms with Crippen molar-refractivity contribution in [3.05, 3.63) is 59.9 Å². The second kappa shape index (κ2) is 4.61. The highest BCUT2D eigenvalue weighted by molar-refractivity contribution is 5.97. The summed E-state index contributed by atoms with van der Waals surface area (Å²) in [6.45, 7) is 0. The van der Waals surface area contributed by atoms with E-state index in [4.69, 9.17) is 0 Å². The third kappa shape index (κ3) is 2.48. The van der Waals surface area contributed by atoms with Crippen molar-refractivity contribution in [2.24, 2.45) is 0 Å². The van der Waals surface area contributed by atoms with E-state index in [1.807, 2.05) is 0 Å².